The van der Waals surface area contributed by atoms with Crippen LogP contribution in [0.15, 0.2) is 218 Å². The van der Waals surface area contributed by atoms with Gasteiger partial charge < -0.3 is 4.57 Å². The molecule has 0 fully saturated rings. The maximum Gasteiger partial charge on any atom is 0.164 e. The van der Waals surface area contributed by atoms with Crippen molar-refractivity contribution in [3.8, 4) is 73.2 Å². The third-order valence-electron chi connectivity index (χ3n) is 11.8. The van der Waals surface area contributed by atoms with Crippen LogP contribution in [-0.2, 0) is 0 Å². The minimum absolute atomic E-state index is 0.601. The lowest BCUT2D eigenvalue weighted by molar-refractivity contribution is 1.07. The van der Waals surface area contributed by atoms with Gasteiger partial charge in [-0.25, -0.2) is 15.0 Å². The van der Waals surface area contributed by atoms with E-state index in [4.69, 9.17) is 15.0 Å². The first-order valence-corrected chi connectivity index (χ1v) is 21.7. The van der Waals surface area contributed by atoms with Crippen LogP contribution in [0.2, 0.25) is 0 Å². The number of hydrogen-bond donors (Lipinski definition) is 0. The minimum Gasteiger partial charge on any atom is -0.309 e. The molecule has 0 amide bonds. The van der Waals surface area contributed by atoms with Crippen molar-refractivity contribution in [2.75, 3.05) is 0 Å². The molecule has 5 heteroatoms. The molecule has 9 aromatic carbocycles. The van der Waals surface area contributed by atoms with Gasteiger partial charge >= 0.3 is 0 Å². The van der Waals surface area contributed by atoms with Crippen molar-refractivity contribution in [2.24, 2.45) is 0 Å². The van der Waals surface area contributed by atoms with E-state index >= 15 is 0 Å². The van der Waals surface area contributed by atoms with Gasteiger partial charge in [0.05, 0.1) is 16.7 Å². The number of fused-ring (bicyclic) bond motifs is 6. The Hall–Kier alpha value is -7.99. The molecule has 0 aliphatic rings. The molecule has 4 nitrogen and oxygen atoms in total. The van der Waals surface area contributed by atoms with Crippen molar-refractivity contribution in [2.45, 2.75) is 0 Å². The van der Waals surface area contributed by atoms with Crippen LogP contribution in [0.5, 0.6) is 0 Å². The average Bonchev–Trinajstić information content (AvgIpc) is 3.90. The molecule has 12 aromatic rings. The Balaban J connectivity index is 1.11. The van der Waals surface area contributed by atoms with E-state index in [0.29, 0.717) is 17.5 Å². The summed E-state index contributed by atoms with van der Waals surface area (Å²) in [5, 5.41) is 4.96. The Morgan fingerprint density at radius 3 is 1.50 bits per heavy atom. The molecule has 0 radical (unpaired) electrons. The summed E-state index contributed by atoms with van der Waals surface area (Å²) in [6.45, 7) is 0. The molecular weight excluding hydrogens is 773 g/mol. The summed E-state index contributed by atoms with van der Waals surface area (Å²) in [5.74, 6) is 1.84. The summed E-state index contributed by atoms with van der Waals surface area (Å²) in [7, 11) is 0. The van der Waals surface area contributed by atoms with E-state index in [2.05, 4.69) is 205 Å². The van der Waals surface area contributed by atoms with Crippen LogP contribution in [0.1, 0.15) is 0 Å². The summed E-state index contributed by atoms with van der Waals surface area (Å²) < 4.78 is 5.00. The molecule has 0 aliphatic heterocycles. The number of benzene rings is 9. The highest BCUT2D eigenvalue weighted by Gasteiger charge is 2.23. The van der Waals surface area contributed by atoms with Gasteiger partial charge in [-0.1, -0.05) is 170 Å². The van der Waals surface area contributed by atoms with Crippen LogP contribution in [0, 0.1) is 0 Å². The SMILES string of the molecule is c1ccc(-c2nc(-c3cccc(-c4ccc5sc6ccccc6c5c4)c3)nc(-c3cc(-c4ccccc4)c(-c4ccccc4)c(-n4c5ccccc5c5ccccc54)c3)n2)cc1. The molecule has 290 valence electrons. The van der Waals surface area contributed by atoms with Gasteiger partial charge in [0.1, 0.15) is 0 Å². The van der Waals surface area contributed by atoms with Crippen molar-refractivity contribution >= 4 is 53.3 Å². The van der Waals surface area contributed by atoms with E-state index in [-0.39, 0.29) is 0 Å². The maximum absolute atomic E-state index is 5.37. The van der Waals surface area contributed by atoms with E-state index in [0.717, 1.165) is 66.8 Å². The number of para-hydroxylation sites is 2. The minimum atomic E-state index is 0.601. The van der Waals surface area contributed by atoms with Gasteiger partial charge in [0.2, 0.25) is 0 Å². The predicted octanol–water partition coefficient (Wildman–Crippen LogP) is 15.3. The lowest BCUT2D eigenvalue weighted by Crippen LogP contribution is -2.04. The fourth-order valence-corrected chi connectivity index (χ4v) is 10.0. The van der Waals surface area contributed by atoms with E-state index in [1.54, 1.807) is 0 Å². The third-order valence-corrected chi connectivity index (χ3v) is 13.0. The van der Waals surface area contributed by atoms with Crippen LogP contribution >= 0.6 is 11.3 Å². The molecule has 0 unspecified atom stereocenters. The monoisotopic (exact) mass is 808 g/mol. The van der Waals surface area contributed by atoms with Crippen molar-refractivity contribution < 1.29 is 0 Å². The van der Waals surface area contributed by atoms with Gasteiger partial charge in [0, 0.05) is 53.2 Å². The number of nitrogens with zero attached hydrogens (tertiary/aromatic N) is 4. The maximum atomic E-state index is 5.37. The molecule has 12 rings (SSSR count). The second-order valence-electron chi connectivity index (χ2n) is 15.6. The summed E-state index contributed by atoms with van der Waals surface area (Å²) >= 11 is 1.84. The molecule has 0 saturated carbocycles. The Labute approximate surface area is 362 Å². The van der Waals surface area contributed by atoms with Gasteiger partial charge in [-0.15, -0.1) is 11.3 Å². The van der Waals surface area contributed by atoms with Crippen LogP contribution in [0.25, 0.3) is 115 Å². The zero-order valence-corrected chi connectivity index (χ0v) is 34.3. The molecule has 0 saturated heterocycles. The van der Waals surface area contributed by atoms with Gasteiger partial charge in [-0.05, 0) is 76.3 Å². The largest absolute Gasteiger partial charge is 0.309 e. The fourth-order valence-electron chi connectivity index (χ4n) is 8.96. The van der Waals surface area contributed by atoms with Crippen molar-refractivity contribution in [1.82, 2.24) is 19.5 Å². The third kappa shape index (κ3) is 6.18. The molecule has 0 spiro atoms. The van der Waals surface area contributed by atoms with Crippen LogP contribution < -0.4 is 0 Å². The first-order valence-electron chi connectivity index (χ1n) is 20.8. The van der Waals surface area contributed by atoms with Crippen LogP contribution in [0.3, 0.4) is 0 Å². The van der Waals surface area contributed by atoms with Crippen LogP contribution in [0.4, 0.5) is 0 Å². The molecule has 0 bridgehead atoms. The average molecular weight is 809 g/mol. The molecule has 62 heavy (non-hydrogen) atoms. The van der Waals surface area contributed by atoms with E-state index in [1.165, 1.54) is 30.9 Å². The lowest BCUT2D eigenvalue weighted by Gasteiger charge is -2.20. The number of rotatable bonds is 7. The zero-order valence-electron chi connectivity index (χ0n) is 33.5. The number of aromatic nitrogens is 4. The second kappa shape index (κ2) is 14.9. The smallest absolute Gasteiger partial charge is 0.164 e. The highest BCUT2D eigenvalue weighted by molar-refractivity contribution is 7.25. The summed E-state index contributed by atoms with van der Waals surface area (Å²) in [4.78, 5) is 15.9. The van der Waals surface area contributed by atoms with Gasteiger partial charge in [-0.2, -0.15) is 0 Å². The van der Waals surface area contributed by atoms with Crippen molar-refractivity contribution in [3.63, 3.8) is 0 Å². The lowest BCUT2D eigenvalue weighted by atomic mass is 9.90. The standard InChI is InChI=1S/C57H36N4S/c1-4-17-37(18-5-1)47-35-43(36-51(54(47)38-19-6-2-7-20-38)61-49-28-13-10-25-44(49)45-26-11-14-29-50(45)61)57-59-55(39-21-8-3-9-22-39)58-56(60-57)42-24-16-23-40(33-42)41-31-32-53-48(34-41)46-27-12-15-30-52(46)62-53/h1-36H. The Bertz CT molecular complexity index is 3580. The predicted molar refractivity (Wildman–Crippen MR) is 260 cm³/mol. The first-order chi connectivity index (χ1) is 30.7. The topological polar surface area (TPSA) is 43.6 Å². The van der Waals surface area contributed by atoms with Crippen molar-refractivity contribution in [3.05, 3.63) is 218 Å². The summed E-state index contributed by atoms with van der Waals surface area (Å²) in [6, 6.07) is 77.6. The highest BCUT2D eigenvalue weighted by atomic mass is 32.1. The molecule has 0 aliphatic carbocycles. The molecule has 3 heterocycles. The molecule has 3 aromatic heterocycles. The normalized spacial score (nSPS) is 11.5. The van der Waals surface area contributed by atoms with Gasteiger partial charge in [0.25, 0.3) is 0 Å². The molecule has 0 N–H and O–H groups in total. The second-order valence-corrected chi connectivity index (χ2v) is 16.7. The van der Waals surface area contributed by atoms with Gasteiger partial charge in [-0.3, -0.25) is 0 Å². The Morgan fingerprint density at radius 2 is 0.806 bits per heavy atom. The summed E-state index contributed by atoms with van der Waals surface area (Å²) in [5.41, 5.74) is 12.8. The van der Waals surface area contributed by atoms with E-state index in [1.807, 2.05) is 29.5 Å². The van der Waals surface area contributed by atoms with Crippen LogP contribution in [-0.4, -0.2) is 19.5 Å². The Kier molecular flexibility index (Phi) is 8.65. The highest BCUT2D eigenvalue weighted by Crippen LogP contribution is 2.44. The number of thiophene rings is 1. The Morgan fingerprint density at radius 1 is 0.306 bits per heavy atom. The summed E-state index contributed by atoms with van der Waals surface area (Å²) in [6.07, 6.45) is 0. The van der Waals surface area contributed by atoms with Gasteiger partial charge in [0.15, 0.2) is 17.5 Å². The first kappa shape index (κ1) is 35.9. The molecule has 0 atom stereocenters. The zero-order chi connectivity index (χ0) is 41.0. The van der Waals surface area contributed by atoms with E-state index in [9.17, 15) is 0 Å². The van der Waals surface area contributed by atoms with Crippen molar-refractivity contribution in [1.29, 1.82) is 0 Å². The fraction of sp³-hybridized carbons (Fsp3) is 0. The van der Waals surface area contributed by atoms with E-state index < -0.39 is 0 Å². The number of hydrogen-bond acceptors (Lipinski definition) is 4. The quantitative estimate of drug-likeness (QED) is 0.161. The molecular formula is C57H36N4S.